The van der Waals surface area contributed by atoms with Crippen molar-refractivity contribution in [1.82, 2.24) is 10.9 Å². The number of rotatable bonds is 12. The van der Waals surface area contributed by atoms with Crippen molar-refractivity contribution < 1.29 is 19.4 Å². The van der Waals surface area contributed by atoms with Crippen molar-refractivity contribution in [1.29, 1.82) is 0 Å². The molecule has 0 saturated heterocycles. The van der Waals surface area contributed by atoms with Crippen molar-refractivity contribution in [2.45, 2.75) is 31.0 Å². The van der Waals surface area contributed by atoms with Crippen molar-refractivity contribution in [3.63, 3.8) is 0 Å². The third kappa shape index (κ3) is 6.85. The Kier molecular flexibility index (Phi) is 9.92. The molecule has 0 aromatic heterocycles. The summed E-state index contributed by atoms with van der Waals surface area (Å²) in [4.78, 5) is 19.3. The molecule has 0 unspecified atom stereocenters. The molecule has 0 spiro atoms. The lowest BCUT2D eigenvalue weighted by Gasteiger charge is -2.31. The quantitative estimate of drug-likeness (QED) is 0.126. The van der Waals surface area contributed by atoms with E-state index in [2.05, 4.69) is 26.8 Å². The van der Waals surface area contributed by atoms with Gasteiger partial charge in [0.25, 0.3) is 5.91 Å². The van der Waals surface area contributed by atoms with Crippen molar-refractivity contribution >= 4 is 39.3 Å². The highest BCUT2D eigenvalue weighted by Crippen LogP contribution is 2.43. The molecule has 1 aliphatic rings. The summed E-state index contributed by atoms with van der Waals surface area (Å²) in [6, 6.07) is 32.3. The highest BCUT2D eigenvalue weighted by molar-refractivity contribution is 9.10. The summed E-state index contributed by atoms with van der Waals surface area (Å²) in [5, 5.41) is 9.64. The fourth-order valence-electron chi connectivity index (χ4n) is 4.81. The molecule has 1 amide bonds. The molecule has 0 saturated carbocycles. The molecule has 1 aliphatic heterocycles. The molecule has 0 fully saturated rings. The van der Waals surface area contributed by atoms with E-state index in [1.807, 2.05) is 103 Å². The normalized spacial score (nSPS) is 17.8. The fourth-order valence-corrected chi connectivity index (χ4v) is 5.44. The maximum absolute atomic E-state index is 14.3. The Morgan fingerprint density at radius 3 is 2.36 bits per heavy atom. The molecule has 0 aliphatic carbocycles. The van der Waals surface area contributed by atoms with Gasteiger partial charge < -0.3 is 14.6 Å². The standard InChI is InChI=1S/C33H31BrClN3O4/c34-28-13-6-4-11-25(28)21-33(32(40)38-36-22-26-12-5-7-14-29(26)35)30(23-9-2-1-3-10-23)42-31(37-33)24-15-17-27(18-16-24)41-20-8-19-39/h1-7,9-18,30,36,39H,8,19-22H2,(H,38,40)/t30-,33-/m0/s1. The summed E-state index contributed by atoms with van der Waals surface area (Å²) < 4.78 is 13.1. The summed E-state index contributed by atoms with van der Waals surface area (Å²) in [6.07, 6.45) is 0.121. The average Bonchev–Trinajstić information content (AvgIpc) is 3.41. The topological polar surface area (TPSA) is 92.2 Å². The number of benzene rings is 4. The van der Waals surface area contributed by atoms with Gasteiger partial charge in [0.15, 0.2) is 11.6 Å². The van der Waals surface area contributed by atoms with Gasteiger partial charge in [-0.3, -0.25) is 10.2 Å². The number of nitrogens with zero attached hydrogens (tertiary/aromatic N) is 1. The van der Waals surface area contributed by atoms with E-state index >= 15 is 0 Å². The van der Waals surface area contributed by atoms with Crippen LogP contribution in [0.1, 0.15) is 34.8 Å². The third-order valence-electron chi connectivity index (χ3n) is 6.99. The highest BCUT2D eigenvalue weighted by Gasteiger charge is 2.53. The van der Waals surface area contributed by atoms with Crippen LogP contribution in [0.25, 0.3) is 0 Å². The maximum atomic E-state index is 14.3. The number of halogens is 2. The van der Waals surface area contributed by atoms with Crippen molar-refractivity contribution in [2.75, 3.05) is 13.2 Å². The second kappa shape index (κ2) is 14.0. The Balaban J connectivity index is 1.51. The van der Waals surface area contributed by atoms with Crippen molar-refractivity contribution in [3.05, 3.63) is 135 Å². The van der Waals surface area contributed by atoms with Gasteiger partial charge in [0.05, 0.1) is 6.61 Å². The molecular formula is C33H31BrClN3O4. The van der Waals surface area contributed by atoms with E-state index in [1.165, 1.54) is 0 Å². The first-order valence-electron chi connectivity index (χ1n) is 13.7. The number of ether oxygens (including phenoxy) is 2. The van der Waals surface area contributed by atoms with Gasteiger partial charge >= 0.3 is 0 Å². The number of aliphatic hydroxyl groups is 1. The molecule has 42 heavy (non-hydrogen) atoms. The number of hydrogen-bond acceptors (Lipinski definition) is 6. The smallest absolute Gasteiger partial charge is 0.266 e. The van der Waals surface area contributed by atoms with Crippen LogP contribution in [0.15, 0.2) is 113 Å². The maximum Gasteiger partial charge on any atom is 0.266 e. The van der Waals surface area contributed by atoms with E-state index < -0.39 is 11.6 Å². The number of amides is 1. The average molecular weight is 649 g/mol. The van der Waals surface area contributed by atoms with Gasteiger partial charge in [-0.25, -0.2) is 10.4 Å². The first-order valence-corrected chi connectivity index (χ1v) is 14.8. The minimum Gasteiger partial charge on any atom is -0.494 e. The second-order valence-electron chi connectivity index (χ2n) is 9.87. The summed E-state index contributed by atoms with van der Waals surface area (Å²) in [5.41, 5.74) is 7.92. The molecule has 0 bridgehead atoms. The van der Waals surface area contributed by atoms with E-state index in [0.29, 0.717) is 36.2 Å². The molecule has 7 nitrogen and oxygen atoms in total. The largest absolute Gasteiger partial charge is 0.494 e. The van der Waals surface area contributed by atoms with Crippen molar-refractivity contribution in [2.24, 2.45) is 4.99 Å². The molecule has 9 heteroatoms. The zero-order valence-corrected chi connectivity index (χ0v) is 25.1. The monoisotopic (exact) mass is 647 g/mol. The van der Waals surface area contributed by atoms with Crippen LogP contribution in [0.4, 0.5) is 0 Å². The Morgan fingerprint density at radius 2 is 1.64 bits per heavy atom. The van der Waals surface area contributed by atoms with E-state index in [4.69, 9.17) is 31.2 Å². The van der Waals surface area contributed by atoms with Crippen LogP contribution in [-0.2, 0) is 22.5 Å². The lowest BCUT2D eigenvalue weighted by molar-refractivity contribution is -0.130. The summed E-state index contributed by atoms with van der Waals surface area (Å²) in [7, 11) is 0. The van der Waals surface area contributed by atoms with Crippen LogP contribution in [-0.4, -0.2) is 35.7 Å². The summed E-state index contributed by atoms with van der Waals surface area (Å²) in [5.74, 6) is 0.698. The Hall–Kier alpha value is -3.69. The summed E-state index contributed by atoms with van der Waals surface area (Å²) >= 11 is 9.99. The van der Waals surface area contributed by atoms with Crippen LogP contribution < -0.4 is 15.6 Å². The second-order valence-corrected chi connectivity index (χ2v) is 11.1. The van der Waals surface area contributed by atoms with Crippen LogP contribution >= 0.6 is 27.5 Å². The molecule has 216 valence electrons. The van der Waals surface area contributed by atoms with Gasteiger partial charge in [-0.05, 0) is 53.1 Å². The predicted octanol–water partition coefficient (Wildman–Crippen LogP) is 6.18. The van der Waals surface area contributed by atoms with E-state index in [1.54, 1.807) is 0 Å². The number of aliphatic imine (C=N–C) groups is 1. The molecule has 5 rings (SSSR count). The van der Waals surface area contributed by atoms with Gasteiger partial charge in [0.2, 0.25) is 5.90 Å². The molecule has 4 aromatic carbocycles. The van der Waals surface area contributed by atoms with Crippen LogP contribution in [0, 0.1) is 0 Å². The molecule has 2 atom stereocenters. The molecule has 1 heterocycles. The predicted molar refractivity (Wildman–Crippen MR) is 167 cm³/mol. The van der Waals surface area contributed by atoms with E-state index in [9.17, 15) is 4.79 Å². The van der Waals surface area contributed by atoms with Crippen LogP contribution in [0.2, 0.25) is 5.02 Å². The lowest BCUT2D eigenvalue weighted by Crippen LogP contribution is -2.53. The fraction of sp³-hybridized carbons (Fsp3) is 0.212. The lowest BCUT2D eigenvalue weighted by atomic mass is 9.82. The molecule has 3 N–H and O–H groups in total. The van der Waals surface area contributed by atoms with Crippen molar-refractivity contribution in [3.8, 4) is 5.75 Å². The van der Waals surface area contributed by atoms with Crippen LogP contribution in [0.3, 0.4) is 0 Å². The number of hydrazine groups is 1. The van der Waals surface area contributed by atoms with Gasteiger partial charge in [0, 0.05) is 41.1 Å². The molecule has 4 aromatic rings. The first-order chi connectivity index (χ1) is 20.5. The highest BCUT2D eigenvalue weighted by atomic mass is 79.9. The number of hydrogen-bond donors (Lipinski definition) is 3. The summed E-state index contributed by atoms with van der Waals surface area (Å²) in [6.45, 7) is 0.819. The number of carbonyl (C=O) groups excluding carboxylic acids is 1. The Labute approximate surface area is 258 Å². The Bertz CT molecular complexity index is 1530. The number of aliphatic hydroxyl groups excluding tert-OH is 1. The van der Waals surface area contributed by atoms with E-state index in [-0.39, 0.29) is 18.9 Å². The minimum atomic E-state index is -1.34. The Morgan fingerprint density at radius 1 is 0.952 bits per heavy atom. The van der Waals surface area contributed by atoms with Gasteiger partial charge in [0.1, 0.15) is 5.75 Å². The SMILES string of the molecule is O=C(NNCc1ccccc1Cl)[C@@]1(Cc2ccccc2Br)N=C(c2ccc(OCCCO)cc2)O[C@H]1c1ccccc1. The van der Waals surface area contributed by atoms with Crippen LogP contribution in [0.5, 0.6) is 5.75 Å². The zero-order chi connectivity index (χ0) is 29.4. The van der Waals surface area contributed by atoms with Gasteiger partial charge in [-0.2, -0.15) is 0 Å². The molecule has 0 radical (unpaired) electrons. The van der Waals surface area contributed by atoms with Gasteiger partial charge in [-0.15, -0.1) is 0 Å². The third-order valence-corrected chi connectivity index (χ3v) is 8.13. The minimum absolute atomic E-state index is 0.0680. The number of nitrogens with one attached hydrogen (secondary N) is 2. The van der Waals surface area contributed by atoms with Gasteiger partial charge in [-0.1, -0.05) is 94.3 Å². The number of carbonyl (C=O) groups is 1. The first kappa shape index (κ1) is 29.8. The van der Waals surface area contributed by atoms with E-state index in [0.717, 1.165) is 26.7 Å². The zero-order valence-electron chi connectivity index (χ0n) is 22.8. The molecular weight excluding hydrogens is 618 g/mol.